The molecule has 2 rings (SSSR count). The van der Waals surface area contributed by atoms with Gasteiger partial charge in [-0.1, -0.05) is 0 Å². The SMILES string of the molecule is COc1ccc(N2CC[C@H](F)C2)cc1C(=O)O. The van der Waals surface area contributed by atoms with E-state index in [2.05, 4.69) is 0 Å². The van der Waals surface area contributed by atoms with E-state index < -0.39 is 12.1 Å². The summed E-state index contributed by atoms with van der Waals surface area (Å²) in [6.07, 6.45) is -0.334. The number of alkyl halides is 1. The second-order valence-corrected chi connectivity index (χ2v) is 4.02. The van der Waals surface area contributed by atoms with Gasteiger partial charge in [0.15, 0.2) is 0 Å². The van der Waals surface area contributed by atoms with Gasteiger partial charge in [0, 0.05) is 18.8 Å². The lowest BCUT2D eigenvalue weighted by Gasteiger charge is -2.18. The minimum absolute atomic E-state index is 0.104. The number of anilines is 1. The van der Waals surface area contributed by atoms with E-state index in [0.29, 0.717) is 25.3 Å². The number of hydrogen-bond acceptors (Lipinski definition) is 3. The summed E-state index contributed by atoms with van der Waals surface area (Å²) in [5, 5.41) is 9.04. The van der Waals surface area contributed by atoms with Crippen molar-refractivity contribution < 1.29 is 19.0 Å². The van der Waals surface area contributed by atoms with Crippen LogP contribution in [0.1, 0.15) is 16.8 Å². The summed E-state index contributed by atoms with van der Waals surface area (Å²) in [6.45, 7) is 0.942. The van der Waals surface area contributed by atoms with Crippen LogP contribution in [0.3, 0.4) is 0 Å². The molecule has 0 aliphatic carbocycles. The topological polar surface area (TPSA) is 49.8 Å². The summed E-state index contributed by atoms with van der Waals surface area (Å²) in [5.74, 6) is -0.725. The predicted molar refractivity (Wildman–Crippen MR) is 61.7 cm³/mol. The van der Waals surface area contributed by atoms with Crippen molar-refractivity contribution in [2.24, 2.45) is 0 Å². The lowest BCUT2D eigenvalue weighted by Crippen LogP contribution is -2.20. The van der Waals surface area contributed by atoms with Gasteiger partial charge in [-0.3, -0.25) is 0 Å². The van der Waals surface area contributed by atoms with Crippen LogP contribution in [-0.2, 0) is 0 Å². The first-order chi connectivity index (χ1) is 8.11. The maximum atomic E-state index is 13.1. The number of benzene rings is 1. The second kappa shape index (κ2) is 4.61. The number of halogens is 1. The monoisotopic (exact) mass is 239 g/mol. The van der Waals surface area contributed by atoms with Crippen LogP contribution in [0.15, 0.2) is 18.2 Å². The Morgan fingerprint density at radius 3 is 2.88 bits per heavy atom. The molecule has 1 fully saturated rings. The molecule has 0 amide bonds. The predicted octanol–water partition coefficient (Wildman–Crippen LogP) is 1.94. The highest BCUT2D eigenvalue weighted by atomic mass is 19.1. The molecule has 17 heavy (non-hydrogen) atoms. The van der Waals surface area contributed by atoms with Gasteiger partial charge in [0.1, 0.15) is 17.5 Å². The van der Waals surface area contributed by atoms with E-state index in [0.717, 1.165) is 5.69 Å². The smallest absolute Gasteiger partial charge is 0.339 e. The van der Waals surface area contributed by atoms with Crippen molar-refractivity contribution in [2.45, 2.75) is 12.6 Å². The van der Waals surface area contributed by atoms with E-state index in [1.54, 1.807) is 12.1 Å². The number of carbonyl (C=O) groups is 1. The van der Waals surface area contributed by atoms with Gasteiger partial charge < -0.3 is 14.7 Å². The first-order valence-electron chi connectivity index (χ1n) is 5.42. The zero-order valence-electron chi connectivity index (χ0n) is 9.52. The number of hydrogen-bond donors (Lipinski definition) is 1. The van der Waals surface area contributed by atoms with Crippen molar-refractivity contribution in [3.8, 4) is 5.75 Å². The Kier molecular flexibility index (Phi) is 3.17. The zero-order valence-corrected chi connectivity index (χ0v) is 9.52. The highest BCUT2D eigenvalue weighted by Crippen LogP contribution is 2.27. The molecule has 1 aromatic carbocycles. The first-order valence-corrected chi connectivity index (χ1v) is 5.42. The fourth-order valence-electron chi connectivity index (χ4n) is 2.01. The molecule has 1 saturated heterocycles. The van der Waals surface area contributed by atoms with Crippen LogP contribution in [0.4, 0.5) is 10.1 Å². The van der Waals surface area contributed by atoms with Gasteiger partial charge in [-0.15, -0.1) is 0 Å². The Morgan fingerprint density at radius 1 is 1.59 bits per heavy atom. The van der Waals surface area contributed by atoms with Gasteiger partial charge in [-0.25, -0.2) is 9.18 Å². The van der Waals surface area contributed by atoms with Crippen LogP contribution in [0.5, 0.6) is 5.75 Å². The van der Waals surface area contributed by atoms with Gasteiger partial charge in [0.05, 0.1) is 7.11 Å². The molecule has 0 radical (unpaired) electrons. The van der Waals surface area contributed by atoms with E-state index in [9.17, 15) is 9.18 Å². The molecule has 1 heterocycles. The Labute approximate surface area is 98.6 Å². The number of aromatic carboxylic acids is 1. The van der Waals surface area contributed by atoms with Gasteiger partial charge in [-0.05, 0) is 24.6 Å². The summed E-state index contributed by atoms with van der Waals surface area (Å²) in [4.78, 5) is 12.9. The van der Waals surface area contributed by atoms with Crippen LogP contribution in [0, 0.1) is 0 Å². The standard InChI is InChI=1S/C12H14FNO3/c1-17-11-3-2-9(6-10(11)12(15)16)14-5-4-8(13)7-14/h2-3,6,8H,4-5,7H2,1H3,(H,15,16)/t8-/m0/s1. The van der Waals surface area contributed by atoms with Crippen molar-refractivity contribution in [1.82, 2.24) is 0 Å². The number of rotatable bonds is 3. The van der Waals surface area contributed by atoms with Gasteiger partial charge >= 0.3 is 5.97 Å². The van der Waals surface area contributed by atoms with E-state index >= 15 is 0 Å². The molecule has 1 atom stereocenters. The molecule has 92 valence electrons. The molecule has 1 N–H and O–H groups in total. The van der Waals surface area contributed by atoms with Crippen LogP contribution in [0.2, 0.25) is 0 Å². The quantitative estimate of drug-likeness (QED) is 0.875. The normalized spacial score (nSPS) is 19.4. The molecule has 1 aliphatic rings. The minimum Gasteiger partial charge on any atom is -0.496 e. The minimum atomic E-state index is -1.04. The number of carboxylic acid groups (broad SMARTS) is 1. The van der Waals surface area contributed by atoms with Crippen molar-refractivity contribution in [1.29, 1.82) is 0 Å². The van der Waals surface area contributed by atoms with Gasteiger partial charge in [-0.2, -0.15) is 0 Å². The first kappa shape index (κ1) is 11.7. The number of ether oxygens (including phenoxy) is 1. The number of methoxy groups -OCH3 is 1. The molecular formula is C12H14FNO3. The summed E-state index contributed by atoms with van der Waals surface area (Å²) < 4.78 is 18.1. The summed E-state index contributed by atoms with van der Waals surface area (Å²) in [7, 11) is 1.43. The maximum Gasteiger partial charge on any atom is 0.339 e. The molecule has 0 aromatic heterocycles. The molecule has 0 bridgehead atoms. The summed E-state index contributed by atoms with van der Waals surface area (Å²) in [5.41, 5.74) is 0.829. The molecule has 0 saturated carbocycles. The zero-order chi connectivity index (χ0) is 12.4. The van der Waals surface area contributed by atoms with E-state index in [4.69, 9.17) is 9.84 Å². The van der Waals surface area contributed by atoms with Crippen LogP contribution >= 0.6 is 0 Å². The summed E-state index contributed by atoms with van der Waals surface area (Å²) >= 11 is 0. The third kappa shape index (κ3) is 2.33. The lowest BCUT2D eigenvalue weighted by atomic mass is 10.1. The van der Waals surface area contributed by atoms with Gasteiger partial charge in [0.25, 0.3) is 0 Å². The van der Waals surface area contributed by atoms with Crippen molar-refractivity contribution >= 4 is 11.7 Å². The largest absolute Gasteiger partial charge is 0.496 e. The van der Waals surface area contributed by atoms with Gasteiger partial charge in [0.2, 0.25) is 0 Å². The van der Waals surface area contributed by atoms with Crippen LogP contribution in [0.25, 0.3) is 0 Å². The maximum absolute atomic E-state index is 13.1. The molecule has 5 heteroatoms. The van der Waals surface area contributed by atoms with E-state index in [1.165, 1.54) is 13.2 Å². The van der Waals surface area contributed by atoms with E-state index in [-0.39, 0.29) is 5.56 Å². The highest BCUT2D eigenvalue weighted by molar-refractivity contribution is 5.92. The summed E-state index contributed by atoms with van der Waals surface area (Å²) in [6, 6.07) is 4.88. The van der Waals surface area contributed by atoms with Crippen molar-refractivity contribution in [2.75, 3.05) is 25.1 Å². The van der Waals surface area contributed by atoms with Crippen molar-refractivity contribution in [3.05, 3.63) is 23.8 Å². The lowest BCUT2D eigenvalue weighted by molar-refractivity contribution is 0.0693. The average Bonchev–Trinajstić information content (AvgIpc) is 2.75. The van der Waals surface area contributed by atoms with E-state index in [1.807, 2.05) is 4.90 Å². The average molecular weight is 239 g/mol. The molecule has 1 aliphatic heterocycles. The Hall–Kier alpha value is -1.78. The molecular weight excluding hydrogens is 225 g/mol. The second-order valence-electron chi connectivity index (χ2n) is 4.02. The highest BCUT2D eigenvalue weighted by Gasteiger charge is 2.23. The van der Waals surface area contributed by atoms with Crippen molar-refractivity contribution in [3.63, 3.8) is 0 Å². The fourth-order valence-corrected chi connectivity index (χ4v) is 2.01. The van der Waals surface area contributed by atoms with Crippen LogP contribution < -0.4 is 9.64 Å². The Morgan fingerprint density at radius 2 is 2.35 bits per heavy atom. The molecule has 1 aromatic rings. The molecule has 0 unspecified atom stereocenters. The third-order valence-electron chi connectivity index (χ3n) is 2.91. The number of carboxylic acids is 1. The number of nitrogens with zero attached hydrogens (tertiary/aromatic N) is 1. The molecule has 0 spiro atoms. The Bertz CT molecular complexity index is 436. The molecule has 4 nitrogen and oxygen atoms in total. The fraction of sp³-hybridized carbons (Fsp3) is 0.417. The van der Waals surface area contributed by atoms with Crippen LogP contribution in [-0.4, -0.2) is 37.4 Å². The third-order valence-corrected chi connectivity index (χ3v) is 2.91. The Balaban J connectivity index is 2.30.